The van der Waals surface area contributed by atoms with Crippen LogP contribution in [0, 0.1) is 10.1 Å². The molecule has 0 spiro atoms. The molecule has 0 saturated carbocycles. The molecule has 11 heteroatoms. The molecule has 1 aromatic carbocycles. The van der Waals surface area contributed by atoms with Crippen LogP contribution in [0.3, 0.4) is 0 Å². The van der Waals surface area contributed by atoms with Gasteiger partial charge in [0, 0.05) is 25.2 Å². The first-order chi connectivity index (χ1) is 13.5. The van der Waals surface area contributed by atoms with Crippen molar-refractivity contribution in [3.05, 3.63) is 59.6 Å². The van der Waals surface area contributed by atoms with Gasteiger partial charge in [-0.25, -0.2) is 4.79 Å². The Hall–Kier alpha value is -3.21. The Labute approximate surface area is 163 Å². The molecular weight excluding hydrogens is 384 g/mol. The number of likely N-dealkylation sites (N-methyl/N-ethyl adjacent to an activating group) is 2. The third-order valence-corrected chi connectivity index (χ3v) is 5.87. The number of rotatable bonds is 4. The highest BCUT2D eigenvalue weighted by Crippen LogP contribution is 2.28. The number of carbonyl (C=O) groups excluding carboxylic acids is 1. The summed E-state index contributed by atoms with van der Waals surface area (Å²) in [6.45, 7) is 4.71. The van der Waals surface area contributed by atoms with Gasteiger partial charge in [-0.2, -0.15) is 0 Å². The van der Waals surface area contributed by atoms with Crippen LogP contribution in [0.4, 0.5) is 10.5 Å². The van der Waals surface area contributed by atoms with Crippen molar-refractivity contribution in [2.24, 2.45) is 5.10 Å². The van der Waals surface area contributed by atoms with Crippen molar-refractivity contribution in [2.45, 2.75) is 26.2 Å². The maximum absolute atomic E-state index is 13.1. The molecule has 0 aliphatic carbocycles. The van der Waals surface area contributed by atoms with Crippen LogP contribution in [0.1, 0.15) is 25.6 Å². The molecule has 146 valence electrons. The van der Waals surface area contributed by atoms with Gasteiger partial charge in [0.25, 0.3) is 11.2 Å². The molecule has 2 aliphatic heterocycles. The first-order valence-corrected chi connectivity index (χ1v) is 9.66. The van der Waals surface area contributed by atoms with E-state index in [1.165, 1.54) is 28.0 Å². The Morgan fingerprint density at radius 2 is 2.04 bits per heavy atom. The van der Waals surface area contributed by atoms with Gasteiger partial charge in [-0.05, 0) is 25.5 Å². The lowest BCUT2D eigenvalue weighted by Crippen LogP contribution is -2.53. The maximum atomic E-state index is 13.1. The molecule has 2 unspecified atom stereocenters. The number of benzene rings is 1. The fourth-order valence-electron chi connectivity index (χ4n) is 3.60. The number of nitro benzene ring substituents is 1. The Morgan fingerprint density at radius 1 is 1.29 bits per heavy atom. The molecule has 4 rings (SSSR count). The maximum Gasteiger partial charge on any atom is 0.323 e. The zero-order valence-electron chi connectivity index (χ0n) is 15.2. The smallest absolute Gasteiger partial charge is 0.300 e. The van der Waals surface area contributed by atoms with E-state index >= 15 is 0 Å². The summed E-state index contributed by atoms with van der Waals surface area (Å²) in [5.74, 6) is 0. The first kappa shape index (κ1) is 18.2. The summed E-state index contributed by atoms with van der Waals surface area (Å²) >= 11 is 1.18. The van der Waals surface area contributed by atoms with Gasteiger partial charge in [0.1, 0.15) is 0 Å². The predicted molar refractivity (Wildman–Crippen MR) is 102 cm³/mol. The Kier molecular flexibility index (Phi) is 4.38. The number of non-ortho nitro benzene ring substituents is 1. The quantitative estimate of drug-likeness (QED) is 0.587. The molecular formula is C17H18N6O4S. The van der Waals surface area contributed by atoms with E-state index in [2.05, 4.69) is 10.5 Å². The molecule has 28 heavy (non-hydrogen) atoms. The van der Waals surface area contributed by atoms with Crippen LogP contribution in [0.25, 0.3) is 6.08 Å². The number of carbonyl (C=O) groups is 1. The molecule has 2 aliphatic rings. The number of hydrogen-bond donors (Lipinski definition) is 1. The lowest BCUT2D eigenvalue weighted by molar-refractivity contribution is -0.384. The molecule has 2 atom stereocenters. The van der Waals surface area contributed by atoms with Gasteiger partial charge in [-0.15, -0.1) is 5.10 Å². The van der Waals surface area contributed by atoms with Gasteiger partial charge < -0.3 is 0 Å². The minimum absolute atomic E-state index is 0.0428. The first-order valence-electron chi connectivity index (χ1n) is 8.84. The standard InChI is InChI=1S/C17H18N6O4S/c1-3-20-13-14(21(4-2)17(20)25)22-15(24)12(28-16(22)19-18-13)9-10-6-5-7-11(8-10)23(26)27/h5-9,13-14,18H,3-4H2,1-2H3/b12-9-. The van der Waals surface area contributed by atoms with E-state index in [9.17, 15) is 19.7 Å². The SMILES string of the molecule is CCN1C(=O)N(CC)C2C1NN=c1s/c(=C\c3cccc([N+](=O)[O-])c3)c(=O)n12. The topological polar surface area (TPSA) is 113 Å². The molecule has 1 saturated heterocycles. The van der Waals surface area contributed by atoms with Gasteiger partial charge in [0.05, 0.1) is 9.46 Å². The molecule has 1 aromatic heterocycles. The summed E-state index contributed by atoms with van der Waals surface area (Å²) < 4.78 is 1.94. The summed E-state index contributed by atoms with van der Waals surface area (Å²) in [4.78, 5) is 40.0. The number of amides is 2. The van der Waals surface area contributed by atoms with Gasteiger partial charge in [0.2, 0.25) is 4.80 Å². The number of urea groups is 1. The van der Waals surface area contributed by atoms with Crippen LogP contribution in [0.15, 0.2) is 34.2 Å². The van der Waals surface area contributed by atoms with Crippen molar-refractivity contribution >= 4 is 29.1 Å². The highest BCUT2D eigenvalue weighted by molar-refractivity contribution is 7.07. The third kappa shape index (κ3) is 2.66. The van der Waals surface area contributed by atoms with Crippen LogP contribution in [-0.4, -0.2) is 44.6 Å². The van der Waals surface area contributed by atoms with Crippen LogP contribution in [-0.2, 0) is 0 Å². The summed E-state index contributed by atoms with van der Waals surface area (Å²) in [5, 5.41) is 15.3. The van der Waals surface area contributed by atoms with E-state index in [0.717, 1.165) is 0 Å². The predicted octanol–water partition coefficient (Wildman–Crippen LogP) is 0.387. The van der Waals surface area contributed by atoms with Crippen molar-refractivity contribution in [2.75, 3.05) is 13.1 Å². The molecule has 3 heterocycles. The van der Waals surface area contributed by atoms with Crippen LogP contribution in [0.5, 0.6) is 0 Å². The van der Waals surface area contributed by atoms with Gasteiger partial charge >= 0.3 is 6.03 Å². The molecule has 0 bridgehead atoms. The Morgan fingerprint density at radius 3 is 2.71 bits per heavy atom. The number of nitrogens with one attached hydrogen (secondary N) is 1. The van der Waals surface area contributed by atoms with Crippen molar-refractivity contribution < 1.29 is 9.72 Å². The number of aromatic nitrogens is 1. The van der Waals surface area contributed by atoms with E-state index in [1.807, 2.05) is 13.8 Å². The third-order valence-electron chi connectivity index (χ3n) is 4.88. The molecule has 2 aromatic rings. The second-order valence-electron chi connectivity index (χ2n) is 6.37. The van der Waals surface area contributed by atoms with Crippen molar-refractivity contribution in [3.8, 4) is 0 Å². The molecule has 10 nitrogen and oxygen atoms in total. The molecule has 1 fully saturated rings. The number of nitrogens with zero attached hydrogens (tertiary/aromatic N) is 5. The van der Waals surface area contributed by atoms with Crippen molar-refractivity contribution in [3.63, 3.8) is 0 Å². The van der Waals surface area contributed by atoms with Crippen LogP contribution < -0.4 is 20.3 Å². The lowest BCUT2D eigenvalue weighted by Gasteiger charge is -2.29. The number of nitro groups is 1. The molecule has 2 amide bonds. The van der Waals surface area contributed by atoms with Gasteiger partial charge in [-0.3, -0.25) is 34.7 Å². The number of thiazole rings is 1. The zero-order valence-corrected chi connectivity index (χ0v) is 16.0. The average molecular weight is 402 g/mol. The zero-order chi connectivity index (χ0) is 20.0. The fourth-order valence-corrected chi connectivity index (χ4v) is 4.56. The monoisotopic (exact) mass is 402 g/mol. The lowest BCUT2D eigenvalue weighted by atomic mass is 10.2. The van der Waals surface area contributed by atoms with E-state index in [4.69, 9.17) is 0 Å². The average Bonchev–Trinajstić information content (AvgIpc) is 3.14. The van der Waals surface area contributed by atoms with Crippen molar-refractivity contribution in [1.82, 2.24) is 19.8 Å². The molecule has 1 N–H and O–H groups in total. The summed E-state index contributed by atoms with van der Waals surface area (Å²) in [7, 11) is 0. The largest absolute Gasteiger partial charge is 0.323 e. The van der Waals surface area contributed by atoms with E-state index in [1.54, 1.807) is 28.0 Å². The Balaban J connectivity index is 1.84. The minimum atomic E-state index is -0.485. The normalized spacial score (nSPS) is 21.2. The Bertz CT molecular complexity index is 1140. The highest BCUT2D eigenvalue weighted by atomic mass is 32.1. The fraction of sp³-hybridized carbons (Fsp3) is 0.353. The second kappa shape index (κ2) is 6.75. The van der Waals surface area contributed by atoms with Gasteiger partial charge in [0.15, 0.2) is 12.3 Å². The van der Waals surface area contributed by atoms with Gasteiger partial charge in [-0.1, -0.05) is 23.5 Å². The summed E-state index contributed by atoms with van der Waals surface area (Å²) in [5.41, 5.74) is 3.24. The van der Waals surface area contributed by atoms with E-state index in [0.29, 0.717) is 28.0 Å². The van der Waals surface area contributed by atoms with E-state index in [-0.39, 0.29) is 17.3 Å². The van der Waals surface area contributed by atoms with Crippen LogP contribution >= 0.6 is 11.3 Å². The summed E-state index contributed by atoms with van der Waals surface area (Å²) in [6, 6.07) is 5.94. The number of fused-ring (bicyclic) bond motifs is 3. The van der Waals surface area contributed by atoms with E-state index < -0.39 is 17.3 Å². The molecule has 0 radical (unpaired) electrons. The number of hydrogen-bond acceptors (Lipinski definition) is 7. The minimum Gasteiger partial charge on any atom is -0.300 e. The second-order valence-corrected chi connectivity index (χ2v) is 7.38. The summed E-state index contributed by atoms with van der Waals surface area (Å²) in [6.07, 6.45) is 0.712. The highest BCUT2D eigenvalue weighted by Gasteiger charge is 2.48. The van der Waals surface area contributed by atoms with Crippen molar-refractivity contribution in [1.29, 1.82) is 0 Å². The van der Waals surface area contributed by atoms with Crippen LogP contribution in [0.2, 0.25) is 0 Å².